The zero-order chi connectivity index (χ0) is 11.7. The Morgan fingerprint density at radius 2 is 2.24 bits per heavy atom. The molecule has 2 aliphatic rings. The van der Waals surface area contributed by atoms with Crippen LogP contribution in [0, 0.1) is 5.92 Å². The van der Waals surface area contributed by atoms with Crippen LogP contribution in [-0.2, 0) is 4.79 Å². The number of pyridine rings is 1. The van der Waals surface area contributed by atoms with Gasteiger partial charge in [-0.1, -0.05) is 6.07 Å². The third-order valence-corrected chi connectivity index (χ3v) is 3.46. The summed E-state index contributed by atoms with van der Waals surface area (Å²) in [5.74, 6) is 1.56. The van der Waals surface area contributed by atoms with Gasteiger partial charge in [-0.2, -0.15) is 0 Å². The fourth-order valence-corrected chi connectivity index (χ4v) is 2.29. The first-order valence-corrected chi connectivity index (χ1v) is 6.29. The van der Waals surface area contributed by atoms with Gasteiger partial charge in [-0.05, 0) is 31.4 Å². The summed E-state index contributed by atoms with van der Waals surface area (Å²) in [6.07, 6.45) is 4.98. The van der Waals surface area contributed by atoms with Crippen LogP contribution in [0.15, 0.2) is 24.4 Å². The Labute approximate surface area is 101 Å². The summed E-state index contributed by atoms with van der Waals surface area (Å²) < 4.78 is 0. The minimum absolute atomic E-state index is 0.248. The normalized spacial score (nSPS) is 23.8. The van der Waals surface area contributed by atoms with Gasteiger partial charge in [0.25, 0.3) is 0 Å². The van der Waals surface area contributed by atoms with E-state index >= 15 is 0 Å². The molecule has 2 heterocycles. The Morgan fingerprint density at radius 3 is 2.94 bits per heavy atom. The number of anilines is 1. The van der Waals surface area contributed by atoms with Crippen LogP contribution < -0.4 is 10.2 Å². The number of carbonyl (C=O) groups is 1. The van der Waals surface area contributed by atoms with Crippen LogP contribution in [0.4, 0.5) is 5.82 Å². The Hall–Kier alpha value is -1.58. The maximum atomic E-state index is 11.7. The van der Waals surface area contributed by atoms with E-state index in [1.807, 2.05) is 24.4 Å². The molecule has 1 amide bonds. The number of aromatic nitrogens is 1. The zero-order valence-corrected chi connectivity index (χ0v) is 9.80. The first kappa shape index (κ1) is 10.6. The van der Waals surface area contributed by atoms with Gasteiger partial charge in [0, 0.05) is 31.2 Å². The summed E-state index contributed by atoms with van der Waals surface area (Å²) in [7, 11) is 0. The third kappa shape index (κ3) is 2.40. The first-order valence-electron chi connectivity index (χ1n) is 6.29. The molecule has 3 rings (SSSR count). The van der Waals surface area contributed by atoms with Crippen LogP contribution in [0.1, 0.15) is 19.3 Å². The van der Waals surface area contributed by atoms with Gasteiger partial charge in [0.2, 0.25) is 5.91 Å². The predicted octanol–water partition coefficient (Wildman–Crippen LogP) is 1.19. The molecule has 1 atom stereocenters. The Kier molecular flexibility index (Phi) is 2.71. The Bertz CT molecular complexity index is 402. The van der Waals surface area contributed by atoms with Crippen molar-refractivity contribution in [2.75, 3.05) is 18.0 Å². The summed E-state index contributed by atoms with van der Waals surface area (Å²) in [6, 6.07) is 6.24. The predicted molar refractivity (Wildman–Crippen MR) is 65.7 cm³/mol. The highest BCUT2D eigenvalue weighted by molar-refractivity contribution is 5.81. The second-order valence-corrected chi connectivity index (χ2v) is 4.90. The molecule has 4 heteroatoms. The molecular weight excluding hydrogens is 214 g/mol. The lowest BCUT2D eigenvalue weighted by atomic mass is 10.2. The lowest BCUT2D eigenvalue weighted by Crippen LogP contribution is -2.38. The Morgan fingerprint density at radius 1 is 1.35 bits per heavy atom. The van der Waals surface area contributed by atoms with Crippen LogP contribution in [-0.4, -0.2) is 30.0 Å². The summed E-state index contributed by atoms with van der Waals surface area (Å²) in [5.41, 5.74) is 0. The van der Waals surface area contributed by atoms with E-state index in [9.17, 15) is 4.79 Å². The average molecular weight is 231 g/mol. The van der Waals surface area contributed by atoms with E-state index < -0.39 is 0 Å². The van der Waals surface area contributed by atoms with Crippen LogP contribution in [0.5, 0.6) is 0 Å². The summed E-state index contributed by atoms with van der Waals surface area (Å²) in [4.78, 5) is 18.2. The van der Waals surface area contributed by atoms with Crippen molar-refractivity contribution in [2.24, 2.45) is 5.92 Å². The molecule has 1 aliphatic heterocycles. The third-order valence-electron chi connectivity index (χ3n) is 3.46. The minimum atomic E-state index is 0.248. The van der Waals surface area contributed by atoms with Crippen molar-refractivity contribution in [3.63, 3.8) is 0 Å². The molecule has 0 bridgehead atoms. The van der Waals surface area contributed by atoms with E-state index in [4.69, 9.17) is 0 Å². The number of rotatable bonds is 3. The number of hydrogen-bond donors (Lipinski definition) is 1. The highest BCUT2D eigenvalue weighted by Gasteiger charge is 2.32. The van der Waals surface area contributed by atoms with E-state index in [1.165, 1.54) is 0 Å². The number of carbonyl (C=O) groups excluding carboxylic acids is 1. The number of nitrogens with zero attached hydrogens (tertiary/aromatic N) is 2. The fourth-order valence-electron chi connectivity index (χ4n) is 2.29. The molecule has 2 fully saturated rings. The minimum Gasteiger partial charge on any atom is -0.354 e. The standard InChI is InChI=1S/C13H17N3O/c17-13(10-4-5-10)15-11-6-8-16(9-11)12-3-1-2-7-14-12/h1-3,7,10-11H,4-6,8-9H2,(H,15,17). The monoisotopic (exact) mass is 231 g/mol. The number of hydrogen-bond acceptors (Lipinski definition) is 3. The number of amides is 1. The van der Waals surface area contributed by atoms with E-state index in [2.05, 4.69) is 15.2 Å². The summed E-state index contributed by atoms with van der Waals surface area (Å²) in [5, 5.41) is 3.13. The van der Waals surface area contributed by atoms with Gasteiger partial charge < -0.3 is 10.2 Å². The second kappa shape index (κ2) is 4.35. The fraction of sp³-hybridized carbons (Fsp3) is 0.538. The maximum absolute atomic E-state index is 11.7. The van der Waals surface area contributed by atoms with Crippen LogP contribution >= 0.6 is 0 Å². The Balaban J connectivity index is 1.56. The summed E-state index contributed by atoms with van der Waals surface area (Å²) in [6.45, 7) is 1.86. The van der Waals surface area contributed by atoms with Crippen molar-refractivity contribution in [2.45, 2.75) is 25.3 Å². The lowest BCUT2D eigenvalue weighted by molar-refractivity contribution is -0.122. The van der Waals surface area contributed by atoms with Crippen molar-refractivity contribution < 1.29 is 4.79 Å². The van der Waals surface area contributed by atoms with Gasteiger partial charge in [-0.3, -0.25) is 4.79 Å². The summed E-state index contributed by atoms with van der Waals surface area (Å²) >= 11 is 0. The van der Waals surface area contributed by atoms with Gasteiger partial charge in [-0.15, -0.1) is 0 Å². The molecule has 1 N–H and O–H groups in total. The van der Waals surface area contributed by atoms with Crippen LogP contribution in [0.3, 0.4) is 0 Å². The second-order valence-electron chi connectivity index (χ2n) is 4.90. The molecule has 4 nitrogen and oxygen atoms in total. The lowest BCUT2D eigenvalue weighted by Gasteiger charge is -2.17. The highest BCUT2D eigenvalue weighted by atomic mass is 16.2. The molecule has 1 saturated carbocycles. The van der Waals surface area contributed by atoms with E-state index in [-0.39, 0.29) is 5.91 Å². The molecular formula is C13H17N3O. The quantitative estimate of drug-likeness (QED) is 0.849. The van der Waals surface area contributed by atoms with Gasteiger partial charge in [0.1, 0.15) is 5.82 Å². The van der Waals surface area contributed by atoms with E-state index in [1.54, 1.807) is 0 Å². The van der Waals surface area contributed by atoms with Gasteiger partial charge >= 0.3 is 0 Å². The van der Waals surface area contributed by atoms with E-state index in [0.717, 1.165) is 38.2 Å². The van der Waals surface area contributed by atoms with E-state index in [0.29, 0.717) is 12.0 Å². The van der Waals surface area contributed by atoms with Gasteiger partial charge in [-0.25, -0.2) is 4.98 Å². The van der Waals surface area contributed by atoms with Crippen LogP contribution in [0.25, 0.3) is 0 Å². The number of nitrogens with one attached hydrogen (secondary N) is 1. The zero-order valence-electron chi connectivity index (χ0n) is 9.80. The average Bonchev–Trinajstić information content (AvgIpc) is 3.12. The van der Waals surface area contributed by atoms with Gasteiger partial charge in [0.05, 0.1) is 0 Å². The van der Waals surface area contributed by atoms with Crippen LogP contribution in [0.2, 0.25) is 0 Å². The first-order chi connectivity index (χ1) is 8.33. The SMILES string of the molecule is O=C(NC1CCN(c2ccccn2)C1)C1CC1. The van der Waals surface area contributed by atoms with Crippen molar-refractivity contribution in [1.29, 1.82) is 0 Å². The van der Waals surface area contributed by atoms with Crippen molar-refractivity contribution >= 4 is 11.7 Å². The largest absolute Gasteiger partial charge is 0.354 e. The topological polar surface area (TPSA) is 45.2 Å². The molecule has 1 saturated heterocycles. The smallest absolute Gasteiger partial charge is 0.223 e. The molecule has 1 aromatic rings. The van der Waals surface area contributed by atoms with Crippen molar-refractivity contribution in [3.8, 4) is 0 Å². The molecule has 0 spiro atoms. The molecule has 90 valence electrons. The molecule has 1 aromatic heterocycles. The molecule has 0 aromatic carbocycles. The van der Waals surface area contributed by atoms with Gasteiger partial charge in [0.15, 0.2) is 0 Å². The molecule has 1 aliphatic carbocycles. The molecule has 0 radical (unpaired) electrons. The maximum Gasteiger partial charge on any atom is 0.223 e. The van der Waals surface area contributed by atoms with Crippen molar-refractivity contribution in [1.82, 2.24) is 10.3 Å². The molecule has 1 unspecified atom stereocenters. The van der Waals surface area contributed by atoms with Crippen molar-refractivity contribution in [3.05, 3.63) is 24.4 Å². The molecule has 17 heavy (non-hydrogen) atoms. The highest BCUT2D eigenvalue weighted by Crippen LogP contribution is 2.29.